The van der Waals surface area contributed by atoms with Gasteiger partial charge in [-0.3, -0.25) is 14.2 Å². The van der Waals surface area contributed by atoms with Crippen molar-refractivity contribution in [3.05, 3.63) is 50.6 Å². The van der Waals surface area contributed by atoms with E-state index in [9.17, 15) is 9.59 Å². The van der Waals surface area contributed by atoms with E-state index in [1.807, 2.05) is 31.2 Å². The molecule has 6 heteroatoms. The number of aromatic nitrogens is 2. The number of thiophene rings is 1. The van der Waals surface area contributed by atoms with Crippen molar-refractivity contribution in [1.29, 1.82) is 0 Å². The second-order valence-corrected chi connectivity index (χ2v) is 10.1. The molecule has 2 aromatic heterocycles. The fourth-order valence-electron chi connectivity index (χ4n) is 5.05. The first-order chi connectivity index (χ1) is 15.1. The third kappa shape index (κ3) is 4.05. The van der Waals surface area contributed by atoms with Crippen LogP contribution in [0.1, 0.15) is 60.9 Å². The molecule has 3 aromatic rings. The SMILES string of the molecule is Cc1cccc(-c2nc3sc4c(c3c(=O)n2CC(=O)NC2CCCCC2)CCCC4)c1. The van der Waals surface area contributed by atoms with Gasteiger partial charge >= 0.3 is 0 Å². The van der Waals surface area contributed by atoms with E-state index in [4.69, 9.17) is 4.98 Å². The molecule has 1 amide bonds. The lowest BCUT2D eigenvalue weighted by Crippen LogP contribution is -2.40. The lowest BCUT2D eigenvalue weighted by molar-refractivity contribution is -0.122. The minimum Gasteiger partial charge on any atom is -0.352 e. The van der Waals surface area contributed by atoms with Crippen LogP contribution in [-0.4, -0.2) is 21.5 Å². The average Bonchev–Trinajstić information content (AvgIpc) is 3.15. The van der Waals surface area contributed by atoms with Crippen LogP contribution in [0.25, 0.3) is 21.6 Å². The largest absolute Gasteiger partial charge is 0.352 e. The van der Waals surface area contributed by atoms with Crippen molar-refractivity contribution in [3.8, 4) is 11.4 Å². The number of nitrogens with zero attached hydrogens (tertiary/aromatic N) is 2. The number of hydrogen-bond donors (Lipinski definition) is 1. The maximum absolute atomic E-state index is 13.7. The molecule has 5 rings (SSSR count). The molecule has 1 saturated carbocycles. The number of nitrogens with one attached hydrogen (secondary N) is 1. The van der Waals surface area contributed by atoms with Gasteiger partial charge in [0.2, 0.25) is 5.91 Å². The van der Waals surface area contributed by atoms with Crippen molar-refractivity contribution < 1.29 is 4.79 Å². The Morgan fingerprint density at radius 2 is 1.97 bits per heavy atom. The first-order valence-electron chi connectivity index (χ1n) is 11.5. The maximum atomic E-state index is 13.7. The highest BCUT2D eigenvalue weighted by atomic mass is 32.1. The monoisotopic (exact) mass is 435 g/mol. The highest BCUT2D eigenvalue weighted by molar-refractivity contribution is 7.18. The summed E-state index contributed by atoms with van der Waals surface area (Å²) in [6.07, 6.45) is 9.86. The fourth-order valence-corrected chi connectivity index (χ4v) is 6.31. The van der Waals surface area contributed by atoms with Crippen molar-refractivity contribution >= 4 is 27.5 Å². The highest BCUT2D eigenvalue weighted by Gasteiger charge is 2.24. The fraction of sp³-hybridized carbons (Fsp3) is 0.480. The van der Waals surface area contributed by atoms with E-state index in [-0.39, 0.29) is 24.1 Å². The lowest BCUT2D eigenvalue weighted by Gasteiger charge is -2.23. The van der Waals surface area contributed by atoms with Gasteiger partial charge in [-0.05, 0) is 57.1 Å². The van der Waals surface area contributed by atoms with Crippen LogP contribution in [0.3, 0.4) is 0 Å². The Bertz CT molecular complexity index is 1190. The molecule has 0 spiro atoms. The number of fused-ring (bicyclic) bond motifs is 3. The van der Waals surface area contributed by atoms with Gasteiger partial charge in [0.05, 0.1) is 5.39 Å². The lowest BCUT2D eigenvalue weighted by atomic mass is 9.95. The molecular weight excluding hydrogens is 406 g/mol. The van der Waals surface area contributed by atoms with Gasteiger partial charge in [-0.2, -0.15) is 0 Å². The Morgan fingerprint density at radius 1 is 1.16 bits per heavy atom. The van der Waals surface area contributed by atoms with Crippen molar-refractivity contribution in [2.24, 2.45) is 0 Å². The minimum absolute atomic E-state index is 0.0200. The first-order valence-corrected chi connectivity index (χ1v) is 12.3. The standard InChI is InChI=1S/C25H29N3O2S/c1-16-8-7-9-17(14-16)23-27-24-22(19-12-5-6-13-20(19)31-24)25(30)28(23)15-21(29)26-18-10-3-2-4-11-18/h7-9,14,18H,2-6,10-13,15H2,1H3,(H,26,29). The van der Waals surface area contributed by atoms with Crippen LogP contribution < -0.4 is 10.9 Å². The van der Waals surface area contributed by atoms with Gasteiger partial charge in [0.1, 0.15) is 17.2 Å². The second kappa shape index (κ2) is 8.58. The number of carbonyl (C=O) groups is 1. The molecule has 1 aromatic carbocycles. The van der Waals surface area contributed by atoms with Crippen LogP contribution in [0.15, 0.2) is 29.1 Å². The molecule has 2 aliphatic rings. The molecule has 0 radical (unpaired) electrons. The van der Waals surface area contributed by atoms with Crippen molar-refractivity contribution in [2.75, 3.05) is 0 Å². The summed E-state index contributed by atoms with van der Waals surface area (Å²) in [6, 6.07) is 8.25. The van der Waals surface area contributed by atoms with Crippen molar-refractivity contribution in [3.63, 3.8) is 0 Å². The van der Waals surface area contributed by atoms with Gasteiger partial charge in [0, 0.05) is 16.5 Å². The number of aryl methyl sites for hydroxylation is 3. The smallest absolute Gasteiger partial charge is 0.263 e. The Balaban J connectivity index is 1.59. The summed E-state index contributed by atoms with van der Waals surface area (Å²) in [4.78, 5) is 33.7. The van der Waals surface area contributed by atoms with Crippen LogP contribution in [0.5, 0.6) is 0 Å². The van der Waals surface area contributed by atoms with Gasteiger partial charge in [0.25, 0.3) is 5.56 Å². The van der Waals surface area contributed by atoms with Crippen LogP contribution in [0.4, 0.5) is 0 Å². The number of rotatable bonds is 4. The van der Waals surface area contributed by atoms with Gasteiger partial charge in [-0.15, -0.1) is 11.3 Å². The van der Waals surface area contributed by atoms with Gasteiger partial charge in [0.15, 0.2) is 0 Å². The molecule has 0 unspecified atom stereocenters. The van der Waals surface area contributed by atoms with Crippen LogP contribution in [0.2, 0.25) is 0 Å². The Hall–Kier alpha value is -2.47. The topological polar surface area (TPSA) is 64.0 Å². The summed E-state index contributed by atoms with van der Waals surface area (Å²) >= 11 is 1.66. The summed E-state index contributed by atoms with van der Waals surface area (Å²) in [5.74, 6) is 0.506. The molecule has 162 valence electrons. The van der Waals surface area contributed by atoms with Gasteiger partial charge < -0.3 is 5.32 Å². The number of hydrogen-bond acceptors (Lipinski definition) is 4. The van der Waals surface area contributed by atoms with Crippen molar-refractivity contribution in [1.82, 2.24) is 14.9 Å². The normalized spacial score (nSPS) is 16.9. The molecule has 5 nitrogen and oxygen atoms in total. The number of carbonyl (C=O) groups excluding carboxylic acids is 1. The highest BCUT2D eigenvalue weighted by Crippen LogP contribution is 2.35. The van der Waals surface area contributed by atoms with Gasteiger partial charge in [-0.25, -0.2) is 4.98 Å². The second-order valence-electron chi connectivity index (χ2n) is 8.99. The molecule has 2 aliphatic carbocycles. The van der Waals surface area contributed by atoms with E-state index < -0.39 is 0 Å². The quantitative estimate of drug-likeness (QED) is 0.643. The molecule has 0 bridgehead atoms. The molecule has 1 fully saturated rings. The molecular formula is C25H29N3O2S. The third-order valence-electron chi connectivity index (χ3n) is 6.62. The average molecular weight is 436 g/mol. The zero-order chi connectivity index (χ0) is 21.4. The van der Waals surface area contributed by atoms with E-state index in [1.54, 1.807) is 15.9 Å². The predicted molar refractivity (Wildman–Crippen MR) is 126 cm³/mol. The summed E-state index contributed by atoms with van der Waals surface area (Å²) in [5.41, 5.74) is 3.09. The minimum atomic E-state index is -0.0897. The van der Waals surface area contributed by atoms with E-state index in [0.717, 1.165) is 66.3 Å². The zero-order valence-electron chi connectivity index (χ0n) is 18.1. The summed E-state index contributed by atoms with van der Waals surface area (Å²) in [6.45, 7) is 2.05. The number of benzene rings is 1. The van der Waals surface area contributed by atoms with Gasteiger partial charge in [-0.1, -0.05) is 43.0 Å². The zero-order valence-corrected chi connectivity index (χ0v) is 18.9. The summed E-state index contributed by atoms with van der Waals surface area (Å²) < 4.78 is 1.61. The molecule has 0 atom stereocenters. The predicted octanol–water partition coefficient (Wildman–Crippen LogP) is 4.76. The van der Waals surface area contributed by atoms with Crippen molar-refractivity contribution in [2.45, 2.75) is 77.3 Å². The van der Waals surface area contributed by atoms with E-state index in [1.165, 1.54) is 23.3 Å². The molecule has 31 heavy (non-hydrogen) atoms. The van der Waals surface area contributed by atoms with Crippen LogP contribution in [-0.2, 0) is 24.2 Å². The summed E-state index contributed by atoms with van der Waals surface area (Å²) in [7, 11) is 0. The first kappa shape index (κ1) is 20.4. The maximum Gasteiger partial charge on any atom is 0.263 e. The Labute approximate surface area is 186 Å². The summed E-state index contributed by atoms with van der Waals surface area (Å²) in [5, 5.41) is 3.90. The van der Waals surface area contributed by atoms with E-state index in [0.29, 0.717) is 5.82 Å². The molecule has 0 saturated heterocycles. The molecule has 0 aliphatic heterocycles. The van der Waals surface area contributed by atoms with E-state index in [2.05, 4.69) is 5.32 Å². The molecule has 1 N–H and O–H groups in total. The van der Waals surface area contributed by atoms with Crippen LogP contribution in [0, 0.1) is 6.92 Å². The Morgan fingerprint density at radius 3 is 2.77 bits per heavy atom. The molecule has 2 heterocycles. The number of amides is 1. The third-order valence-corrected chi connectivity index (χ3v) is 7.81. The van der Waals surface area contributed by atoms with Crippen LogP contribution >= 0.6 is 11.3 Å². The Kier molecular flexibility index (Phi) is 5.65. The van der Waals surface area contributed by atoms with E-state index >= 15 is 0 Å².